The summed E-state index contributed by atoms with van der Waals surface area (Å²) in [6.45, 7) is 9.52. The van der Waals surface area contributed by atoms with Gasteiger partial charge < -0.3 is 9.47 Å². The van der Waals surface area contributed by atoms with Gasteiger partial charge in [0, 0.05) is 38.5 Å². The molecule has 0 spiro atoms. The van der Waals surface area contributed by atoms with Crippen molar-refractivity contribution in [2.75, 3.05) is 4.90 Å². The van der Waals surface area contributed by atoms with Gasteiger partial charge in [0.15, 0.2) is 0 Å². The van der Waals surface area contributed by atoms with Crippen molar-refractivity contribution in [3.63, 3.8) is 0 Å². The van der Waals surface area contributed by atoms with Crippen molar-refractivity contribution in [1.82, 2.24) is 4.57 Å². The van der Waals surface area contributed by atoms with Gasteiger partial charge in [-0.2, -0.15) is 0 Å². The highest BCUT2D eigenvalue weighted by Gasteiger charge is 2.41. The van der Waals surface area contributed by atoms with Gasteiger partial charge in [-0.05, 0) is 98.6 Å². The van der Waals surface area contributed by atoms with E-state index in [9.17, 15) is 0 Å². The van der Waals surface area contributed by atoms with Gasteiger partial charge >= 0.3 is 0 Å². The molecule has 0 saturated carbocycles. The minimum atomic E-state index is -0.184. The minimum Gasteiger partial charge on any atom is -0.310 e. The second kappa shape index (κ2) is 11.9. The van der Waals surface area contributed by atoms with E-state index >= 15 is 0 Å². The minimum absolute atomic E-state index is 0.109. The second-order valence-corrected chi connectivity index (χ2v) is 16.5. The fourth-order valence-electron chi connectivity index (χ4n) is 10.2. The molecule has 8 aromatic carbocycles. The number of rotatable bonds is 5. The molecule has 1 heterocycles. The van der Waals surface area contributed by atoms with E-state index in [2.05, 4.69) is 219 Å². The van der Waals surface area contributed by atoms with Gasteiger partial charge in [-0.15, -0.1) is 0 Å². The number of nitrogens with zero attached hydrogens (tertiary/aromatic N) is 2. The summed E-state index contributed by atoms with van der Waals surface area (Å²) in [4.78, 5) is 2.56. The lowest BCUT2D eigenvalue weighted by molar-refractivity contribution is 0.659. The first kappa shape index (κ1) is 32.8. The first-order chi connectivity index (χ1) is 27.3. The van der Waals surface area contributed by atoms with E-state index in [-0.39, 0.29) is 10.8 Å². The van der Waals surface area contributed by atoms with Crippen molar-refractivity contribution in [3.05, 3.63) is 204 Å². The number of hydrogen-bond donors (Lipinski definition) is 0. The highest BCUT2D eigenvalue weighted by atomic mass is 15.2. The van der Waals surface area contributed by atoms with Gasteiger partial charge in [-0.1, -0.05) is 161 Å². The zero-order valence-electron chi connectivity index (χ0n) is 32.2. The fourth-order valence-corrected chi connectivity index (χ4v) is 10.2. The number of hydrogen-bond acceptors (Lipinski definition) is 1. The smallest absolute Gasteiger partial charge is 0.0543 e. The molecule has 0 bridgehead atoms. The third-order valence-electron chi connectivity index (χ3n) is 12.8. The number of aromatic nitrogens is 1. The van der Waals surface area contributed by atoms with Crippen LogP contribution in [0.15, 0.2) is 182 Å². The molecule has 0 fully saturated rings. The van der Waals surface area contributed by atoms with E-state index in [1.54, 1.807) is 0 Å². The summed E-state index contributed by atoms with van der Waals surface area (Å²) in [6, 6.07) is 67.5. The molecule has 56 heavy (non-hydrogen) atoms. The van der Waals surface area contributed by atoms with E-state index in [1.165, 1.54) is 88.8 Å². The van der Waals surface area contributed by atoms with Crippen LogP contribution in [0.25, 0.3) is 60.9 Å². The molecule has 0 N–H and O–H groups in total. The lowest BCUT2D eigenvalue weighted by atomic mass is 9.81. The van der Waals surface area contributed by atoms with Crippen LogP contribution in [0, 0.1) is 0 Å². The molecule has 2 aliphatic carbocycles. The number of para-hydroxylation sites is 2. The summed E-state index contributed by atoms with van der Waals surface area (Å²) in [7, 11) is 0. The molecule has 0 radical (unpaired) electrons. The van der Waals surface area contributed by atoms with Crippen LogP contribution in [-0.2, 0) is 10.8 Å². The zero-order chi connectivity index (χ0) is 37.8. The third kappa shape index (κ3) is 4.56. The highest BCUT2D eigenvalue weighted by molar-refractivity contribution is 6.09. The quantitative estimate of drug-likeness (QED) is 0.172. The van der Waals surface area contributed by atoms with Gasteiger partial charge in [0.25, 0.3) is 0 Å². The average Bonchev–Trinajstić information content (AvgIpc) is 3.79. The Balaban J connectivity index is 1.10. The van der Waals surface area contributed by atoms with Gasteiger partial charge in [0.05, 0.1) is 22.4 Å². The molecule has 0 aliphatic heterocycles. The van der Waals surface area contributed by atoms with Crippen LogP contribution in [0.2, 0.25) is 0 Å². The van der Waals surface area contributed by atoms with Gasteiger partial charge in [-0.3, -0.25) is 0 Å². The molecule has 1 aromatic heterocycles. The monoisotopic (exact) mass is 718 g/mol. The van der Waals surface area contributed by atoms with Crippen LogP contribution in [0.1, 0.15) is 49.9 Å². The van der Waals surface area contributed by atoms with E-state index in [0.29, 0.717) is 0 Å². The molecular weight excluding hydrogens is 677 g/mol. The van der Waals surface area contributed by atoms with Crippen LogP contribution >= 0.6 is 0 Å². The molecule has 0 saturated heterocycles. The van der Waals surface area contributed by atoms with Gasteiger partial charge in [-0.25, -0.2) is 0 Å². The van der Waals surface area contributed by atoms with Crippen LogP contribution in [0.3, 0.4) is 0 Å². The topological polar surface area (TPSA) is 8.17 Å². The molecule has 0 amide bonds. The second-order valence-electron chi connectivity index (χ2n) is 16.5. The number of fused-ring (bicyclic) bond motifs is 9. The Kier molecular flexibility index (Phi) is 6.98. The van der Waals surface area contributed by atoms with Crippen LogP contribution in [0.5, 0.6) is 0 Å². The van der Waals surface area contributed by atoms with Crippen LogP contribution < -0.4 is 4.90 Å². The molecule has 0 unspecified atom stereocenters. The number of benzene rings is 8. The predicted octanol–water partition coefficient (Wildman–Crippen LogP) is 14.5. The van der Waals surface area contributed by atoms with E-state index in [0.717, 1.165) is 11.4 Å². The van der Waals surface area contributed by atoms with Crippen molar-refractivity contribution in [2.45, 2.75) is 38.5 Å². The lowest BCUT2D eigenvalue weighted by Gasteiger charge is -2.34. The Hall–Kier alpha value is -6.64. The van der Waals surface area contributed by atoms with E-state index in [1.807, 2.05) is 0 Å². The Morgan fingerprint density at radius 3 is 1.70 bits per heavy atom. The van der Waals surface area contributed by atoms with Gasteiger partial charge in [0.1, 0.15) is 0 Å². The SMILES string of the molecule is CC1(C)c2ccccc2-c2c(N(c3cccc(-c4ccc(-n5c6ccccc6c6ccccc65)cc4)c3)c3cccc4c3C(C)(C)c3ccccc3-4)cccc21. The Morgan fingerprint density at radius 1 is 0.411 bits per heavy atom. The molecule has 11 rings (SSSR count). The summed E-state index contributed by atoms with van der Waals surface area (Å²) in [5.41, 5.74) is 20.0. The summed E-state index contributed by atoms with van der Waals surface area (Å²) < 4.78 is 2.39. The molecule has 0 atom stereocenters. The van der Waals surface area contributed by atoms with Crippen LogP contribution in [-0.4, -0.2) is 4.57 Å². The van der Waals surface area contributed by atoms with Gasteiger partial charge in [0.2, 0.25) is 0 Å². The maximum absolute atomic E-state index is 2.56. The standard InChI is InChI=1S/C54H42N2/c1-53(2)45-24-10-6-21-43(45)51-46(53)25-15-28-49(51)56(50-29-14-22-42-39-18-5-9-23-44(39)54(3,4)52(42)50)38-17-13-16-36(34-38)35-30-32-37(33-31-35)55-47-26-11-7-19-40(47)41-20-8-12-27-48(41)55/h5-34H,1-4H3. The average molecular weight is 719 g/mol. The molecule has 2 aliphatic rings. The predicted molar refractivity (Wildman–Crippen MR) is 236 cm³/mol. The molecule has 2 heteroatoms. The molecule has 268 valence electrons. The number of anilines is 3. The Labute approximate surface area is 328 Å². The van der Waals surface area contributed by atoms with Crippen LogP contribution in [0.4, 0.5) is 17.1 Å². The highest BCUT2D eigenvalue weighted by Crippen LogP contribution is 2.58. The summed E-state index contributed by atoms with van der Waals surface area (Å²) in [6.07, 6.45) is 0. The van der Waals surface area contributed by atoms with Crippen molar-refractivity contribution in [3.8, 4) is 39.1 Å². The van der Waals surface area contributed by atoms with Crippen molar-refractivity contribution >= 4 is 38.9 Å². The van der Waals surface area contributed by atoms with E-state index < -0.39 is 0 Å². The third-order valence-corrected chi connectivity index (χ3v) is 12.8. The summed E-state index contributed by atoms with van der Waals surface area (Å²) in [5, 5.41) is 2.55. The van der Waals surface area contributed by atoms with Crippen molar-refractivity contribution in [2.24, 2.45) is 0 Å². The maximum atomic E-state index is 2.56. The van der Waals surface area contributed by atoms with Crippen molar-refractivity contribution < 1.29 is 0 Å². The Morgan fingerprint density at radius 2 is 0.964 bits per heavy atom. The fraction of sp³-hybridized carbons (Fsp3) is 0.111. The lowest BCUT2D eigenvalue weighted by Crippen LogP contribution is -2.21. The molecule has 9 aromatic rings. The Bertz CT molecular complexity index is 2980. The van der Waals surface area contributed by atoms with Crippen molar-refractivity contribution in [1.29, 1.82) is 0 Å². The first-order valence-corrected chi connectivity index (χ1v) is 19.8. The zero-order valence-corrected chi connectivity index (χ0v) is 32.2. The first-order valence-electron chi connectivity index (χ1n) is 19.8. The summed E-state index contributed by atoms with van der Waals surface area (Å²) >= 11 is 0. The normalized spacial score (nSPS) is 14.4. The maximum Gasteiger partial charge on any atom is 0.0543 e. The summed E-state index contributed by atoms with van der Waals surface area (Å²) in [5.74, 6) is 0. The van der Waals surface area contributed by atoms with E-state index in [4.69, 9.17) is 0 Å². The molecule has 2 nitrogen and oxygen atoms in total. The molecular formula is C54H42N2. The largest absolute Gasteiger partial charge is 0.310 e.